The number of rotatable bonds is 5. The Hall–Kier alpha value is -0.570. The average Bonchev–Trinajstić information content (AvgIpc) is 3.20. The highest BCUT2D eigenvalue weighted by Gasteiger charge is 2.32. The van der Waals surface area contributed by atoms with Crippen LogP contribution in [0.2, 0.25) is 0 Å². The van der Waals surface area contributed by atoms with Crippen LogP contribution in [-0.4, -0.2) is 60.7 Å². The van der Waals surface area contributed by atoms with Gasteiger partial charge in [0.25, 0.3) is 0 Å². The average molecular weight is 506 g/mol. The number of likely N-dealkylation sites (tertiary alicyclic amines) is 1. The molecule has 1 heterocycles. The number of hydrogen-bond donors (Lipinski definition) is 3. The molecule has 1 saturated heterocycles. The lowest BCUT2D eigenvalue weighted by atomic mass is 9.85. The van der Waals surface area contributed by atoms with Crippen molar-refractivity contribution in [2.24, 2.45) is 16.8 Å². The minimum Gasteiger partial charge on any atom is -0.391 e. The summed E-state index contributed by atoms with van der Waals surface area (Å²) in [4.78, 5) is 19.1. The number of aliphatic hydroxyl groups excluding tert-OH is 1. The monoisotopic (exact) mass is 506 g/mol. The van der Waals surface area contributed by atoms with Crippen molar-refractivity contribution in [3.63, 3.8) is 0 Å². The van der Waals surface area contributed by atoms with Crippen LogP contribution >= 0.6 is 24.0 Å². The van der Waals surface area contributed by atoms with E-state index >= 15 is 0 Å². The number of carbonyl (C=O) groups is 1. The molecule has 1 aliphatic heterocycles. The molecule has 0 aromatic carbocycles. The molecule has 2 aliphatic carbocycles. The molecular formula is C21H39IN4O2. The van der Waals surface area contributed by atoms with Gasteiger partial charge in [0.15, 0.2) is 5.96 Å². The molecular weight excluding hydrogens is 467 g/mol. The van der Waals surface area contributed by atoms with Crippen LogP contribution in [0.4, 0.5) is 0 Å². The second-order valence-electron chi connectivity index (χ2n) is 8.67. The first kappa shape index (κ1) is 23.7. The van der Waals surface area contributed by atoms with E-state index in [1.54, 1.807) is 7.05 Å². The molecule has 3 rings (SSSR count). The summed E-state index contributed by atoms with van der Waals surface area (Å²) in [5.41, 5.74) is 0. The molecule has 7 heteroatoms. The van der Waals surface area contributed by atoms with Crippen LogP contribution in [0, 0.1) is 11.8 Å². The number of hydrogen-bond acceptors (Lipinski definition) is 3. The molecule has 6 nitrogen and oxygen atoms in total. The lowest BCUT2D eigenvalue weighted by molar-refractivity contribution is -0.135. The van der Waals surface area contributed by atoms with Gasteiger partial charge < -0.3 is 20.6 Å². The lowest BCUT2D eigenvalue weighted by Gasteiger charge is -2.28. The maximum atomic E-state index is 12.7. The number of halogens is 1. The highest BCUT2D eigenvalue weighted by molar-refractivity contribution is 14.0. The number of nitrogens with zero attached hydrogens (tertiary/aromatic N) is 2. The summed E-state index contributed by atoms with van der Waals surface area (Å²) in [5.74, 6) is 1.76. The van der Waals surface area contributed by atoms with Gasteiger partial charge in [-0.15, -0.1) is 24.0 Å². The Morgan fingerprint density at radius 3 is 2.36 bits per heavy atom. The Balaban J connectivity index is 0.00000280. The molecule has 0 radical (unpaired) electrons. The minimum absolute atomic E-state index is 0. The Morgan fingerprint density at radius 2 is 1.71 bits per heavy atom. The highest BCUT2D eigenvalue weighted by Crippen LogP contribution is 2.27. The molecule has 3 aliphatic rings. The molecule has 28 heavy (non-hydrogen) atoms. The normalized spacial score (nSPS) is 25.9. The van der Waals surface area contributed by atoms with E-state index in [4.69, 9.17) is 0 Å². The van der Waals surface area contributed by atoms with E-state index in [2.05, 4.69) is 15.6 Å². The van der Waals surface area contributed by atoms with Crippen LogP contribution in [-0.2, 0) is 4.79 Å². The molecule has 2 saturated carbocycles. The van der Waals surface area contributed by atoms with Crippen molar-refractivity contribution in [3.8, 4) is 0 Å². The summed E-state index contributed by atoms with van der Waals surface area (Å²) in [6.45, 7) is 2.15. The SMILES string of the molecule is CN=C(NCC(O)C1CCCCC1)NC1CCN(C(=O)C2CCCCC2)C1.I. The molecule has 1 amide bonds. The van der Waals surface area contributed by atoms with Gasteiger partial charge in [-0.1, -0.05) is 38.5 Å². The van der Waals surface area contributed by atoms with Gasteiger partial charge in [-0.25, -0.2) is 0 Å². The third-order valence-corrected chi connectivity index (χ3v) is 6.69. The minimum atomic E-state index is -0.309. The summed E-state index contributed by atoms with van der Waals surface area (Å²) in [7, 11) is 1.77. The molecule has 3 N–H and O–H groups in total. The van der Waals surface area contributed by atoms with Gasteiger partial charge >= 0.3 is 0 Å². The van der Waals surface area contributed by atoms with E-state index in [0.29, 0.717) is 18.4 Å². The van der Waals surface area contributed by atoms with Crippen molar-refractivity contribution in [1.29, 1.82) is 0 Å². The summed E-state index contributed by atoms with van der Waals surface area (Å²) in [6, 6.07) is 0.246. The summed E-state index contributed by atoms with van der Waals surface area (Å²) in [6.07, 6.45) is 12.5. The number of carbonyl (C=O) groups excluding carboxylic acids is 1. The molecule has 0 bridgehead atoms. The zero-order valence-corrected chi connectivity index (χ0v) is 19.7. The standard InChI is InChI=1S/C21H38N4O2.HI/c1-22-21(23-14-19(26)16-8-4-2-5-9-16)24-18-12-13-25(15-18)20(27)17-10-6-3-7-11-17;/h16-19,26H,2-15H2,1H3,(H2,22,23,24);1H. The Labute approximate surface area is 187 Å². The Morgan fingerprint density at radius 1 is 1.07 bits per heavy atom. The third kappa shape index (κ3) is 6.75. The second-order valence-corrected chi connectivity index (χ2v) is 8.67. The summed E-state index contributed by atoms with van der Waals surface area (Å²) < 4.78 is 0. The fraction of sp³-hybridized carbons (Fsp3) is 0.905. The zero-order chi connectivity index (χ0) is 19.1. The molecule has 162 valence electrons. The van der Waals surface area contributed by atoms with Crippen molar-refractivity contribution in [1.82, 2.24) is 15.5 Å². The van der Waals surface area contributed by atoms with Crippen molar-refractivity contribution in [2.45, 2.75) is 82.8 Å². The largest absolute Gasteiger partial charge is 0.391 e. The van der Waals surface area contributed by atoms with Gasteiger partial charge in [0.05, 0.1) is 6.10 Å². The van der Waals surface area contributed by atoms with E-state index < -0.39 is 0 Å². The van der Waals surface area contributed by atoms with Crippen LogP contribution in [0.5, 0.6) is 0 Å². The van der Waals surface area contributed by atoms with Crippen LogP contribution in [0.15, 0.2) is 4.99 Å². The van der Waals surface area contributed by atoms with Crippen LogP contribution in [0.1, 0.15) is 70.6 Å². The van der Waals surface area contributed by atoms with E-state index in [9.17, 15) is 9.90 Å². The molecule has 0 aromatic heterocycles. The van der Waals surface area contributed by atoms with Crippen LogP contribution < -0.4 is 10.6 Å². The van der Waals surface area contributed by atoms with Gasteiger partial charge in [0.2, 0.25) is 5.91 Å². The van der Waals surface area contributed by atoms with Crippen LogP contribution in [0.25, 0.3) is 0 Å². The van der Waals surface area contributed by atoms with Gasteiger partial charge in [-0.05, 0) is 38.0 Å². The topological polar surface area (TPSA) is 77.0 Å². The maximum Gasteiger partial charge on any atom is 0.225 e. The fourth-order valence-corrected chi connectivity index (χ4v) is 4.96. The van der Waals surface area contributed by atoms with Gasteiger partial charge in [0, 0.05) is 38.6 Å². The third-order valence-electron chi connectivity index (χ3n) is 6.69. The maximum absolute atomic E-state index is 12.7. The van der Waals surface area contributed by atoms with Crippen molar-refractivity contribution in [2.75, 3.05) is 26.7 Å². The van der Waals surface area contributed by atoms with Crippen molar-refractivity contribution >= 4 is 35.8 Å². The molecule has 0 aromatic rings. The number of aliphatic hydroxyl groups is 1. The van der Waals surface area contributed by atoms with E-state index in [0.717, 1.165) is 51.2 Å². The van der Waals surface area contributed by atoms with E-state index in [1.807, 2.05) is 4.90 Å². The highest BCUT2D eigenvalue weighted by atomic mass is 127. The van der Waals surface area contributed by atoms with E-state index in [1.165, 1.54) is 38.5 Å². The van der Waals surface area contributed by atoms with Gasteiger partial charge in [0.1, 0.15) is 0 Å². The Kier molecular flexibility index (Phi) is 10.3. The molecule has 2 unspecified atom stereocenters. The Bertz CT molecular complexity index is 505. The van der Waals surface area contributed by atoms with Crippen molar-refractivity contribution in [3.05, 3.63) is 0 Å². The van der Waals surface area contributed by atoms with Gasteiger partial charge in [-0.2, -0.15) is 0 Å². The predicted octanol–water partition coefficient (Wildman–Crippen LogP) is 2.89. The number of guanidine groups is 1. The van der Waals surface area contributed by atoms with Crippen molar-refractivity contribution < 1.29 is 9.90 Å². The fourth-order valence-electron chi connectivity index (χ4n) is 4.96. The smallest absolute Gasteiger partial charge is 0.225 e. The zero-order valence-electron chi connectivity index (χ0n) is 17.4. The molecule has 2 atom stereocenters. The second kappa shape index (κ2) is 12.2. The number of aliphatic imine (C=N–C) groups is 1. The number of nitrogens with one attached hydrogen (secondary N) is 2. The van der Waals surface area contributed by atoms with Crippen LogP contribution in [0.3, 0.4) is 0 Å². The number of amides is 1. The first-order valence-corrected chi connectivity index (χ1v) is 11.1. The molecule has 3 fully saturated rings. The first-order chi connectivity index (χ1) is 13.2. The quantitative estimate of drug-likeness (QED) is 0.305. The summed E-state index contributed by atoms with van der Waals surface area (Å²) >= 11 is 0. The van der Waals surface area contributed by atoms with Gasteiger partial charge in [-0.3, -0.25) is 9.79 Å². The van der Waals surface area contributed by atoms with E-state index in [-0.39, 0.29) is 42.0 Å². The summed E-state index contributed by atoms with van der Waals surface area (Å²) in [5, 5.41) is 17.2. The lowest BCUT2D eigenvalue weighted by Crippen LogP contribution is -2.48. The predicted molar refractivity (Wildman–Crippen MR) is 124 cm³/mol. The molecule has 0 spiro atoms. The first-order valence-electron chi connectivity index (χ1n) is 11.1.